The van der Waals surface area contributed by atoms with E-state index in [2.05, 4.69) is 4.98 Å². The van der Waals surface area contributed by atoms with Crippen LogP contribution in [-0.2, 0) is 11.2 Å². The zero-order valence-electron chi connectivity index (χ0n) is 10.1. The van der Waals surface area contributed by atoms with Crippen LogP contribution in [0.1, 0.15) is 25.1 Å². The largest absolute Gasteiger partial charge is 0.394 e. The van der Waals surface area contributed by atoms with Crippen molar-refractivity contribution in [2.45, 2.75) is 38.2 Å². The highest BCUT2D eigenvalue weighted by Crippen LogP contribution is 2.29. The summed E-state index contributed by atoms with van der Waals surface area (Å²) in [4.78, 5) is 4.10. The summed E-state index contributed by atoms with van der Waals surface area (Å²) in [5.41, 5.74) is 6.64. The molecule has 1 aliphatic rings. The second kappa shape index (κ2) is 5.31. The Morgan fingerprint density at radius 3 is 2.94 bits per heavy atom. The van der Waals surface area contributed by atoms with Gasteiger partial charge in [0.2, 0.25) is 4.77 Å². The van der Waals surface area contributed by atoms with E-state index < -0.39 is 18.4 Å². The lowest BCUT2D eigenvalue weighted by atomic mass is 10.2. The van der Waals surface area contributed by atoms with Crippen molar-refractivity contribution in [3.63, 3.8) is 0 Å². The van der Waals surface area contributed by atoms with Gasteiger partial charge in [-0.05, 0) is 18.6 Å². The van der Waals surface area contributed by atoms with Crippen LogP contribution in [-0.4, -0.2) is 38.6 Å². The van der Waals surface area contributed by atoms with Crippen molar-refractivity contribution in [3.05, 3.63) is 16.5 Å². The predicted molar refractivity (Wildman–Crippen MR) is 68.5 cm³/mol. The first kappa shape index (κ1) is 13.4. The van der Waals surface area contributed by atoms with Crippen LogP contribution in [0.5, 0.6) is 0 Å². The number of nitrogens with zero attached hydrogens (tertiary/aromatic N) is 2. The maximum Gasteiger partial charge on any atom is 0.203 e. The number of anilines is 1. The van der Waals surface area contributed by atoms with Crippen molar-refractivity contribution in [1.29, 1.82) is 0 Å². The molecule has 2 heterocycles. The number of nitrogens with two attached hydrogens (primary N) is 1. The fraction of sp³-hybridized carbons (Fsp3) is 0.636. The molecule has 6 nitrogen and oxygen atoms in total. The molecule has 0 aliphatic carbocycles. The number of rotatable bonds is 3. The maximum atomic E-state index is 9.72. The van der Waals surface area contributed by atoms with Gasteiger partial charge in [-0.2, -0.15) is 0 Å². The molecule has 1 aromatic rings. The number of aliphatic hydroxyl groups excluding tert-OH is 2. The summed E-state index contributed by atoms with van der Waals surface area (Å²) in [5, 5.41) is 18.8. The Hall–Kier alpha value is -1.02. The number of nitrogen functional groups attached to an aromatic ring is 1. The van der Waals surface area contributed by atoms with Gasteiger partial charge in [0.05, 0.1) is 12.7 Å². The molecule has 4 N–H and O–H groups in total. The second-order valence-corrected chi connectivity index (χ2v) is 4.67. The molecule has 0 unspecified atom stereocenters. The molecule has 0 bridgehead atoms. The second-order valence-electron chi connectivity index (χ2n) is 4.31. The fourth-order valence-electron chi connectivity index (χ4n) is 2.05. The van der Waals surface area contributed by atoms with E-state index >= 15 is 0 Å². The lowest BCUT2D eigenvalue weighted by Crippen LogP contribution is -2.24. The highest BCUT2D eigenvalue weighted by Gasteiger charge is 2.34. The van der Waals surface area contributed by atoms with Gasteiger partial charge in [0.15, 0.2) is 0 Å². The highest BCUT2D eigenvalue weighted by molar-refractivity contribution is 7.71. The maximum absolute atomic E-state index is 9.72. The molecule has 1 aromatic heterocycles. The first-order valence-corrected chi connectivity index (χ1v) is 6.29. The van der Waals surface area contributed by atoms with Crippen LogP contribution >= 0.6 is 12.2 Å². The minimum atomic E-state index is -0.690. The van der Waals surface area contributed by atoms with Crippen molar-refractivity contribution in [1.82, 2.24) is 9.55 Å². The summed E-state index contributed by atoms with van der Waals surface area (Å²) in [7, 11) is 0. The van der Waals surface area contributed by atoms with E-state index in [0.29, 0.717) is 17.0 Å². The third-order valence-corrected chi connectivity index (χ3v) is 3.44. The number of aryl methyl sites for hydroxylation is 1. The minimum Gasteiger partial charge on any atom is -0.394 e. The Labute approximate surface area is 110 Å². The molecule has 1 fully saturated rings. The first-order chi connectivity index (χ1) is 8.56. The number of ether oxygens (including phenoxy) is 1. The zero-order valence-corrected chi connectivity index (χ0v) is 10.9. The average Bonchev–Trinajstić information content (AvgIpc) is 2.70. The third kappa shape index (κ3) is 2.39. The molecule has 1 saturated heterocycles. The smallest absolute Gasteiger partial charge is 0.203 e. The Kier molecular flexibility index (Phi) is 3.96. The molecule has 0 amide bonds. The third-order valence-electron chi connectivity index (χ3n) is 3.14. The van der Waals surface area contributed by atoms with Crippen LogP contribution in [0.15, 0.2) is 6.20 Å². The van der Waals surface area contributed by atoms with Crippen LogP contribution in [0.4, 0.5) is 5.82 Å². The number of aliphatic hydroxyl groups is 2. The van der Waals surface area contributed by atoms with E-state index in [1.807, 2.05) is 13.1 Å². The molecule has 100 valence electrons. The molecule has 3 atom stereocenters. The van der Waals surface area contributed by atoms with Gasteiger partial charge in [-0.25, -0.2) is 4.98 Å². The molecule has 18 heavy (non-hydrogen) atoms. The van der Waals surface area contributed by atoms with Gasteiger partial charge in [-0.1, -0.05) is 6.92 Å². The number of hydrogen-bond acceptors (Lipinski definition) is 6. The summed E-state index contributed by atoms with van der Waals surface area (Å²) in [6, 6.07) is 0. The number of hydrogen-bond donors (Lipinski definition) is 3. The summed E-state index contributed by atoms with van der Waals surface area (Å²) in [6.45, 7) is 1.76. The SMILES string of the molecule is CCc1cn([C@H]2C[C@H](O)[C@@H](CO)O2)c(=S)nc1N. The van der Waals surface area contributed by atoms with Crippen LogP contribution in [0.2, 0.25) is 0 Å². The van der Waals surface area contributed by atoms with Gasteiger partial charge in [0, 0.05) is 18.2 Å². The van der Waals surface area contributed by atoms with Gasteiger partial charge < -0.3 is 20.7 Å². The molecule has 1 aliphatic heterocycles. The fourth-order valence-corrected chi connectivity index (χ4v) is 2.32. The summed E-state index contributed by atoms with van der Waals surface area (Å²) in [6.07, 6.45) is 1.27. The topological polar surface area (TPSA) is 93.5 Å². The van der Waals surface area contributed by atoms with E-state index in [4.69, 9.17) is 27.8 Å². The van der Waals surface area contributed by atoms with E-state index in [-0.39, 0.29) is 6.61 Å². The average molecular weight is 271 g/mol. The van der Waals surface area contributed by atoms with E-state index in [1.54, 1.807) is 4.57 Å². The Morgan fingerprint density at radius 2 is 2.39 bits per heavy atom. The van der Waals surface area contributed by atoms with E-state index in [9.17, 15) is 5.11 Å². The molecule has 2 rings (SSSR count). The monoisotopic (exact) mass is 271 g/mol. The van der Waals surface area contributed by atoms with Crippen LogP contribution in [0, 0.1) is 4.77 Å². The minimum absolute atomic E-state index is 0.214. The van der Waals surface area contributed by atoms with Gasteiger partial charge in [0.25, 0.3) is 0 Å². The standard InChI is InChI=1S/C11H17N3O3S/c1-2-6-4-14(11(18)13-10(6)12)9-3-7(16)8(5-15)17-9/h4,7-9,15-16H,2-3,5H2,1H3,(H2,12,13,18)/t7-,8+,9+/m0/s1. The summed E-state index contributed by atoms with van der Waals surface area (Å²) in [5.74, 6) is 0.427. The van der Waals surface area contributed by atoms with Gasteiger partial charge in [-0.15, -0.1) is 0 Å². The summed E-state index contributed by atoms with van der Waals surface area (Å²) < 4.78 is 7.55. The molecule has 0 spiro atoms. The molecule has 0 aromatic carbocycles. The Balaban J connectivity index is 2.32. The van der Waals surface area contributed by atoms with E-state index in [0.717, 1.165) is 12.0 Å². The lowest BCUT2D eigenvalue weighted by Gasteiger charge is -2.17. The quantitative estimate of drug-likeness (QED) is 0.689. The number of aromatic nitrogens is 2. The normalized spacial score (nSPS) is 27.6. The molecule has 0 saturated carbocycles. The van der Waals surface area contributed by atoms with Gasteiger partial charge in [-0.3, -0.25) is 4.57 Å². The van der Waals surface area contributed by atoms with Crippen molar-refractivity contribution < 1.29 is 14.9 Å². The Morgan fingerprint density at radius 1 is 1.67 bits per heavy atom. The van der Waals surface area contributed by atoms with Crippen LogP contribution < -0.4 is 5.73 Å². The van der Waals surface area contributed by atoms with Crippen LogP contribution in [0.25, 0.3) is 0 Å². The van der Waals surface area contributed by atoms with E-state index in [1.165, 1.54) is 0 Å². The van der Waals surface area contributed by atoms with Crippen molar-refractivity contribution in [2.75, 3.05) is 12.3 Å². The molecular weight excluding hydrogens is 254 g/mol. The van der Waals surface area contributed by atoms with Gasteiger partial charge >= 0.3 is 0 Å². The zero-order chi connectivity index (χ0) is 13.3. The van der Waals surface area contributed by atoms with Crippen molar-refractivity contribution in [2.24, 2.45) is 0 Å². The molecular formula is C11H17N3O3S. The molecule has 0 radical (unpaired) electrons. The first-order valence-electron chi connectivity index (χ1n) is 5.88. The summed E-state index contributed by atoms with van der Waals surface area (Å²) >= 11 is 5.14. The van der Waals surface area contributed by atoms with Crippen molar-refractivity contribution >= 4 is 18.0 Å². The van der Waals surface area contributed by atoms with Gasteiger partial charge in [0.1, 0.15) is 18.1 Å². The lowest BCUT2D eigenvalue weighted by molar-refractivity contribution is -0.0453. The molecule has 7 heteroatoms. The van der Waals surface area contributed by atoms with Crippen molar-refractivity contribution in [3.8, 4) is 0 Å². The highest BCUT2D eigenvalue weighted by atomic mass is 32.1. The predicted octanol–water partition coefficient (Wildman–Crippen LogP) is 0.398. The van der Waals surface area contributed by atoms with Crippen LogP contribution in [0.3, 0.4) is 0 Å². The Bertz CT molecular complexity index is 491.